The zero-order valence-corrected chi connectivity index (χ0v) is 25.7. The summed E-state index contributed by atoms with van der Waals surface area (Å²) in [5, 5.41) is 6.14. The van der Waals surface area contributed by atoms with Crippen LogP contribution in [-0.2, 0) is 14.8 Å². The van der Waals surface area contributed by atoms with E-state index < -0.39 is 21.8 Å². The number of hydrogen-bond acceptors (Lipinski definition) is 7. The van der Waals surface area contributed by atoms with Crippen LogP contribution < -0.4 is 14.9 Å². The zero-order valence-electron chi connectivity index (χ0n) is 24.9. The van der Waals surface area contributed by atoms with E-state index in [1.54, 1.807) is 65.6 Å². The zero-order chi connectivity index (χ0) is 31.1. The molecular formula is C33H39N5O5S. The summed E-state index contributed by atoms with van der Waals surface area (Å²) in [7, 11) is -4.32. The normalized spacial score (nSPS) is 18.3. The number of rotatable bonds is 9. The second-order valence-corrected chi connectivity index (χ2v) is 13.0. The maximum atomic E-state index is 13.7. The van der Waals surface area contributed by atoms with Gasteiger partial charge < -0.3 is 15.5 Å². The quantitative estimate of drug-likeness (QED) is 0.379. The van der Waals surface area contributed by atoms with Gasteiger partial charge in [-0.2, -0.15) is 4.31 Å². The number of piperidine rings is 1. The first-order valence-corrected chi connectivity index (χ1v) is 16.5. The van der Waals surface area contributed by atoms with Crippen molar-refractivity contribution in [3.05, 3.63) is 96.1 Å². The van der Waals surface area contributed by atoms with Crippen molar-refractivity contribution in [1.82, 2.24) is 20.4 Å². The molecule has 2 unspecified atom stereocenters. The van der Waals surface area contributed by atoms with Crippen LogP contribution in [0.15, 0.2) is 89.8 Å². The molecule has 2 fully saturated rings. The SMILES string of the molecule is CC(C1CCCNC1)N1CCN(C(=O)CNC(=O)c2ccc(S(=O)(=O)N(C(=O)c3ccccc3)c3ccccc3)cc2)CC1. The van der Waals surface area contributed by atoms with E-state index in [4.69, 9.17) is 0 Å². The van der Waals surface area contributed by atoms with E-state index in [1.165, 1.54) is 37.1 Å². The van der Waals surface area contributed by atoms with Crippen molar-refractivity contribution in [1.29, 1.82) is 0 Å². The molecule has 0 aromatic heterocycles. The van der Waals surface area contributed by atoms with Crippen molar-refractivity contribution in [2.24, 2.45) is 5.92 Å². The Hall–Kier alpha value is -4.06. The van der Waals surface area contributed by atoms with E-state index in [1.807, 2.05) is 0 Å². The molecule has 2 aliphatic heterocycles. The van der Waals surface area contributed by atoms with Gasteiger partial charge in [-0.05, 0) is 87.3 Å². The summed E-state index contributed by atoms with van der Waals surface area (Å²) in [4.78, 5) is 43.2. The maximum absolute atomic E-state index is 13.7. The Kier molecular flexibility index (Phi) is 10.1. The Bertz CT molecular complexity index is 1540. The average Bonchev–Trinajstić information content (AvgIpc) is 3.08. The molecule has 44 heavy (non-hydrogen) atoms. The smallest absolute Gasteiger partial charge is 0.272 e. The summed E-state index contributed by atoms with van der Waals surface area (Å²) in [6.45, 7) is 7.09. The summed E-state index contributed by atoms with van der Waals surface area (Å²) in [6.07, 6.45) is 2.43. The number of carbonyl (C=O) groups is 3. The van der Waals surface area contributed by atoms with Crippen molar-refractivity contribution in [3.8, 4) is 0 Å². The fraction of sp³-hybridized carbons (Fsp3) is 0.364. The number of nitrogens with one attached hydrogen (secondary N) is 2. The maximum Gasteiger partial charge on any atom is 0.272 e. The number of benzene rings is 3. The number of amides is 3. The third-order valence-corrected chi connectivity index (χ3v) is 10.2. The van der Waals surface area contributed by atoms with Gasteiger partial charge in [0, 0.05) is 43.3 Å². The highest BCUT2D eigenvalue weighted by Crippen LogP contribution is 2.26. The topological polar surface area (TPSA) is 119 Å². The highest BCUT2D eigenvalue weighted by Gasteiger charge is 2.32. The van der Waals surface area contributed by atoms with Crippen LogP contribution in [0.3, 0.4) is 0 Å². The second kappa shape index (κ2) is 14.1. The highest BCUT2D eigenvalue weighted by molar-refractivity contribution is 7.93. The molecule has 0 spiro atoms. The van der Waals surface area contributed by atoms with E-state index in [0.717, 1.165) is 30.5 Å². The Morgan fingerprint density at radius 3 is 2.14 bits per heavy atom. The minimum absolute atomic E-state index is 0.144. The standard InChI is InChI=1S/C33H39N5O5S/c1-25(28-11-8-18-34-23-28)36-19-21-37(22-20-36)31(39)24-35-32(40)26-14-16-30(17-15-26)44(42,43)38(29-12-6-3-7-13-29)33(41)27-9-4-2-5-10-27/h2-7,9-10,12-17,25,28,34H,8,11,18-24H2,1H3,(H,35,40). The van der Waals surface area contributed by atoms with E-state index >= 15 is 0 Å². The fourth-order valence-electron chi connectivity index (χ4n) is 5.85. The van der Waals surface area contributed by atoms with Gasteiger partial charge in [0.25, 0.3) is 21.8 Å². The summed E-state index contributed by atoms with van der Waals surface area (Å²) in [5.74, 6) is -0.711. The number of hydrogen-bond donors (Lipinski definition) is 2. The third-order valence-electron chi connectivity index (χ3n) is 8.51. The van der Waals surface area contributed by atoms with Crippen molar-refractivity contribution >= 4 is 33.4 Å². The summed E-state index contributed by atoms with van der Waals surface area (Å²) in [5.41, 5.74) is 0.623. The van der Waals surface area contributed by atoms with Gasteiger partial charge in [-0.25, -0.2) is 8.42 Å². The van der Waals surface area contributed by atoms with Crippen molar-refractivity contribution in [2.75, 3.05) is 50.1 Å². The predicted molar refractivity (Wildman–Crippen MR) is 169 cm³/mol. The van der Waals surface area contributed by atoms with Gasteiger partial charge in [-0.1, -0.05) is 36.4 Å². The van der Waals surface area contributed by atoms with Crippen molar-refractivity contribution in [3.63, 3.8) is 0 Å². The molecule has 3 aromatic rings. The molecule has 10 nitrogen and oxygen atoms in total. The lowest BCUT2D eigenvalue weighted by Crippen LogP contribution is -2.55. The fourth-order valence-corrected chi connectivity index (χ4v) is 7.26. The molecule has 0 aliphatic carbocycles. The van der Waals surface area contributed by atoms with Crippen LogP contribution >= 0.6 is 0 Å². The van der Waals surface area contributed by atoms with Gasteiger partial charge >= 0.3 is 0 Å². The molecule has 2 aliphatic rings. The van der Waals surface area contributed by atoms with E-state index in [-0.39, 0.29) is 34.2 Å². The molecule has 5 rings (SSSR count). The Balaban J connectivity index is 1.19. The number of nitrogens with zero attached hydrogens (tertiary/aromatic N) is 3. The van der Waals surface area contributed by atoms with E-state index in [9.17, 15) is 22.8 Å². The lowest BCUT2D eigenvalue weighted by Gasteiger charge is -2.42. The van der Waals surface area contributed by atoms with Gasteiger partial charge in [0.2, 0.25) is 5.91 Å². The Morgan fingerprint density at radius 2 is 1.52 bits per heavy atom. The molecular weight excluding hydrogens is 578 g/mol. The molecule has 0 saturated carbocycles. The van der Waals surface area contributed by atoms with Gasteiger partial charge in [-0.15, -0.1) is 0 Å². The van der Waals surface area contributed by atoms with Crippen LogP contribution in [0.2, 0.25) is 0 Å². The monoisotopic (exact) mass is 617 g/mol. The molecule has 2 N–H and O–H groups in total. The molecule has 2 heterocycles. The highest BCUT2D eigenvalue weighted by atomic mass is 32.2. The lowest BCUT2D eigenvalue weighted by molar-refractivity contribution is -0.132. The average molecular weight is 618 g/mol. The number of para-hydroxylation sites is 1. The van der Waals surface area contributed by atoms with Crippen LogP contribution in [0, 0.1) is 5.92 Å². The first-order valence-electron chi connectivity index (χ1n) is 15.1. The van der Waals surface area contributed by atoms with E-state index in [2.05, 4.69) is 22.5 Å². The second-order valence-electron chi connectivity index (χ2n) is 11.2. The number of carbonyl (C=O) groups excluding carboxylic acids is 3. The van der Waals surface area contributed by atoms with Crippen LogP contribution in [0.4, 0.5) is 5.69 Å². The summed E-state index contributed by atoms with van der Waals surface area (Å²) < 4.78 is 28.2. The van der Waals surface area contributed by atoms with Gasteiger partial charge in [0.05, 0.1) is 17.1 Å². The summed E-state index contributed by atoms with van der Waals surface area (Å²) in [6, 6.07) is 22.1. The van der Waals surface area contributed by atoms with Crippen LogP contribution in [0.5, 0.6) is 0 Å². The minimum Gasteiger partial charge on any atom is -0.343 e. The first kappa shape index (κ1) is 31.4. The van der Waals surface area contributed by atoms with Gasteiger partial charge in [-0.3, -0.25) is 19.3 Å². The van der Waals surface area contributed by atoms with Crippen molar-refractivity contribution < 1.29 is 22.8 Å². The predicted octanol–water partition coefficient (Wildman–Crippen LogP) is 2.98. The van der Waals surface area contributed by atoms with Crippen LogP contribution in [0.25, 0.3) is 0 Å². The van der Waals surface area contributed by atoms with Crippen molar-refractivity contribution in [2.45, 2.75) is 30.7 Å². The largest absolute Gasteiger partial charge is 0.343 e. The Morgan fingerprint density at radius 1 is 0.886 bits per heavy atom. The lowest BCUT2D eigenvalue weighted by atomic mass is 9.91. The molecule has 0 radical (unpaired) electrons. The molecule has 0 bridgehead atoms. The molecule has 3 amide bonds. The summed E-state index contributed by atoms with van der Waals surface area (Å²) >= 11 is 0. The number of piperazine rings is 1. The van der Waals surface area contributed by atoms with Gasteiger partial charge in [0.15, 0.2) is 0 Å². The number of sulfonamides is 1. The van der Waals surface area contributed by atoms with Gasteiger partial charge in [0.1, 0.15) is 0 Å². The minimum atomic E-state index is -4.32. The molecule has 2 saturated heterocycles. The Labute approximate surface area is 259 Å². The molecule has 2 atom stereocenters. The number of anilines is 1. The first-order chi connectivity index (χ1) is 21.3. The molecule has 232 valence electrons. The molecule has 11 heteroatoms. The van der Waals surface area contributed by atoms with E-state index in [0.29, 0.717) is 25.0 Å². The third kappa shape index (κ3) is 7.18. The van der Waals surface area contributed by atoms with Crippen LogP contribution in [0.1, 0.15) is 40.5 Å². The van der Waals surface area contributed by atoms with Crippen LogP contribution in [-0.4, -0.2) is 87.8 Å². The molecule has 3 aromatic carbocycles.